The fourth-order valence-electron chi connectivity index (χ4n) is 1.70. The molecule has 0 unspecified atom stereocenters. The molecule has 0 aliphatic rings. The van der Waals surface area contributed by atoms with Crippen molar-refractivity contribution in [1.29, 1.82) is 0 Å². The highest BCUT2D eigenvalue weighted by molar-refractivity contribution is 7.09. The lowest BCUT2D eigenvalue weighted by molar-refractivity contribution is 0.573. The molecule has 2 nitrogen and oxygen atoms in total. The molecule has 2 aromatic rings. The standard InChI is InChI=1S/C14H18N2S/c1-10-4-6-13(7-5-10)12(3)15-8-14-16-11(2)9-17-14/h4-7,9,12,15H,8H2,1-3H3/t12-/m1/s1. The topological polar surface area (TPSA) is 24.9 Å². The van der Waals surface area contributed by atoms with E-state index in [0.29, 0.717) is 6.04 Å². The zero-order valence-corrected chi connectivity index (χ0v) is 11.3. The predicted octanol–water partition coefficient (Wildman–Crippen LogP) is 3.61. The number of aryl methyl sites for hydroxylation is 2. The maximum atomic E-state index is 4.45. The van der Waals surface area contributed by atoms with Crippen LogP contribution >= 0.6 is 11.3 Å². The average Bonchev–Trinajstić information content (AvgIpc) is 2.73. The molecule has 2 rings (SSSR count). The lowest BCUT2D eigenvalue weighted by Gasteiger charge is -2.13. The van der Waals surface area contributed by atoms with Gasteiger partial charge in [0.1, 0.15) is 5.01 Å². The summed E-state index contributed by atoms with van der Waals surface area (Å²) >= 11 is 1.72. The monoisotopic (exact) mass is 246 g/mol. The summed E-state index contributed by atoms with van der Waals surface area (Å²) in [6.45, 7) is 7.17. The highest BCUT2D eigenvalue weighted by Gasteiger charge is 2.05. The second-order valence-corrected chi connectivity index (χ2v) is 5.34. The number of hydrogen-bond acceptors (Lipinski definition) is 3. The van der Waals surface area contributed by atoms with Gasteiger partial charge in [0.2, 0.25) is 0 Å². The Morgan fingerprint density at radius 1 is 1.24 bits per heavy atom. The van der Waals surface area contributed by atoms with Crippen molar-refractivity contribution in [2.45, 2.75) is 33.4 Å². The predicted molar refractivity (Wildman–Crippen MR) is 73.3 cm³/mol. The molecule has 17 heavy (non-hydrogen) atoms. The molecule has 1 aromatic heterocycles. The Bertz CT molecular complexity index is 473. The minimum Gasteiger partial charge on any atom is -0.304 e. The van der Waals surface area contributed by atoms with E-state index in [0.717, 1.165) is 17.2 Å². The largest absolute Gasteiger partial charge is 0.304 e. The number of thiazole rings is 1. The van der Waals surface area contributed by atoms with E-state index >= 15 is 0 Å². The van der Waals surface area contributed by atoms with Crippen molar-refractivity contribution in [3.63, 3.8) is 0 Å². The Morgan fingerprint density at radius 2 is 1.94 bits per heavy atom. The summed E-state index contributed by atoms with van der Waals surface area (Å²) in [5.74, 6) is 0. The van der Waals surface area contributed by atoms with Crippen LogP contribution in [0.15, 0.2) is 29.6 Å². The van der Waals surface area contributed by atoms with Crippen molar-refractivity contribution < 1.29 is 0 Å². The van der Waals surface area contributed by atoms with E-state index in [1.54, 1.807) is 11.3 Å². The molecule has 0 saturated carbocycles. The zero-order valence-electron chi connectivity index (χ0n) is 10.5. The van der Waals surface area contributed by atoms with Gasteiger partial charge in [-0.3, -0.25) is 0 Å². The van der Waals surface area contributed by atoms with Crippen LogP contribution in [0.3, 0.4) is 0 Å². The summed E-state index contributed by atoms with van der Waals surface area (Å²) in [5, 5.41) is 6.74. The van der Waals surface area contributed by atoms with Gasteiger partial charge in [-0.25, -0.2) is 4.98 Å². The van der Waals surface area contributed by atoms with Crippen molar-refractivity contribution in [3.05, 3.63) is 51.5 Å². The van der Waals surface area contributed by atoms with Crippen LogP contribution in [0.25, 0.3) is 0 Å². The first-order chi connectivity index (χ1) is 8.15. The third-order valence-electron chi connectivity index (χ3n) is 2.80. The third-order valence-corrected chi connectivity index (χ3v) is 3.77. The SMILES string of the molecule is Cc1ccc([C@@H](C)NCc2nc(C)cs2)cc1. The van der Waals surface area contributed by atoms with Crippen molar-refractivity contribution in [1.82, 2.24) is 10.3 Å². The summed E-state index contributed by atoms with van der Waals surface area (Å²) < 4.78 is 0. The number of nitrogens with one attached hydrogen (secondary N) is 1. The van der Waals surface area contributed by atoms with Crippen LogP contribution in [0, 0.1) is 13.8 Å². The molecule has 0 aliphatic carbocycles. The van der Waals surface area contributed by atoms with Crippen LogP contribution in [0.5, 0.6) is 0 Å². The average molecular weight is 246 g/mol. The molecule has 0 spiro atoms. The minimum absolute atomic E-state index is 0.361. The van der Waals surface area contributed by atoms with Gasteiger partial charge in [-0.2, -0.15) is 0 Å². The Labute approximate surface area is 107 Å². The molecular formula is C14H18N2S. The Morgan fingerprint density at radius 3 is 2.53 bits per heavy atom. The van der Waals surface area contributed by atoms with Crippen LogP contribution in [0.4, 0.5) is 0 Å². The van der Waals surface area contributed by atoms with Crippen LogP contribution in [0.1, 0.15) is 34.8 Å². The van der Waals surface area contributed by atoms with E-state index in [4.69, 9.17) is 0 Å². The molecular weight excluding hydrogens is 228 g/mol. The molecule has 1 N–H and O–H groups in total. The Hall–Kier alpha value is -1.19. The second kappa shape index (κ2) is 5.43. The first-order valence-electron chi connectivity index (χ1n) is 5.86. The molecule has 0 bridgehead atoms. The normalized spacial score (nSPS) is 12.6. The van der Waals surface area contributed by atoms with Gasteiger partial charge in [0.15, 0.2) is 0 Å². The lowest BCUT2D eigenvalue weighted by Crippen LogP contribution is -2.17. The van der Waals surface area contributed by atoms with Crippen LogP contribution in [-0.4, -0.2) is 4.98 Å². The summed E-state index contributed by atoms with van der Waals surface area (Å²) in [5.41, 5.74) is 3.73. The fraction of sp³-hybridized carbons (Fsp3) is 0.357. The smallest absolute Gasteiger partial charge is 0.107 e. The maximum absolute atomic E-state index is 4.45. The lowest BCUT2D eigenvalue weighted by atomic mass is 10.1. The van der Waals surface area contributed by atoms with E-state index < -0.39 is 0 Å². The van der Waals surface area contributed by atoms with Gasteiger partial charge in [-0.1, -0.05) is 29.8 Å². The third kappa shape index (κ3) is 3.38. The summed E-state index contributed by atoms with van der Waals surface area (Å²) in [7, 11) is 0. The number of benzene rings is 1. The van der Waals surface area contributed by atoms with Crippen molar-refractivity contribution >= 4 is 11.3 Å². The molecule has 90 valence electrons. The first kappa shape index (κ1) is 12.3. The van der Waals surface area contributed by atoms with Crippen LogP contribution < -0.4 is 5.32 Å². The molecule has 1 aromatic carbocycles. The number of nitrogens with zero attached hydrogens (tertiary/aromatic N) is 1. The van der Waals surface area contributed by atoms with E-state index in [1.165, 1.54) is 11.1 Å². The fourth-order valence-corrected chi connectivity index (χ4v) is 2.42. The molecule has 0 saturated heterocycles. The van der Waals surface area contributed by atoms with Crippen LogP contribution in [0.2, 0.25) is 0 Å². The van der Waals surface area contributed by atoms with Gasteiger partial charge >= 0.3 is 0 Å². The number of hydrogen-bond donors (Lipinski definition) is 1. The Balaban J connectivity index is 1.93. The Kier molecular flexibility index (Phi) is 3.92. The summed E-state index contributed by atoms with van der Waals surface area (Å²) in [4.78, 5) is 4.45. The first-order valence-corrected chi connectivity index (χ1v) is 6.74. The van der Waals surface area contributed by atoms with E-state index in [-0.39, 0.29) is 0 Å². The van der Waals surface area contributed by atoms with Gasteiger partial charge in [-0.15, -0.1) is 11.3 Å². The molecule has 0 aliphatic heterocycles. The molecule has 3 heteroatoms. The minimum atomic E-state index is 0.361. The van der Waals surface area contributed by atoms with Gasteiger partial charge in [0.05, 0.1) is 0 Å². The van der Waals surface area contributed by atoms with E-state index in [9.17, 15) is 0 Å². The van der Waals surface area contributed by atoms with Gasteiger partial charge in [0.25, 0.3) is 0 Å². The van der Waals surface area contributed by atoms with Gasteiger partial charge < -0.3 is 5.32 Å². The second-order valence-electron chi connectivity index (χ2n) is 4.40. The molecule has 0 fully saturated rings. The van der Waals surface area contributed by atoms with Crippen molar-refractivity contribution in [2.24, 2.45) is 0 Å². The van der Waals surface area contributed by atoms with Crippen LogP contribution in [-0.2, 0) is 6.54 Å². The highest BCUT2D eigenvalue weighted by Crippen LogP contribution is 2.15. The van der Waals surface area contributed by atoms with Crippen molar-refractivity contribution in [2.75, 3.05) is 0 Å². The van der Waals surface area contributed by atoms with Crippen molar-refractivity contribution in [3.8, 4) is 0 Å². The number of rotatable bonds is 4. The molecule has 0 radical (unpaired) electrons. The molecule has 0 amide bonds. The highest BCUT2D eigenvalue weighted by atomic mass is 32.1. The maximum Gasteiger partial charge on any atom is 0.107 e. The van der Waals surface area contributed by atoms with E-state index in [1.807, 2.05) is 6.92 Å². The summed E-state index contributed by atoms with van der Waals surface area (Å²) in [6, 6.07) is 9.03. The zero-order chi connectivity index (χ0) is 12.3. The quantitative estimate of drug-likeness (QED) is 0.891. The molecule has 1 atom stereocenters. The number of aromatic nitrogens is 1. The molecule has 1 heterocycles. The van der Waals surface area contributed by atoms with E-state index in [2.05, 4.69) is 53.8 Å². The summed E-state index contributed by atoms with van der Waals surface area (Å²) in [6.07, 6.45) is 0. The van der Waals surface area contributed by atoms with Gasteiger partial charge in [-0.05, 0) is 26.3 Å². The van der Waals surface area contributed by atoms with Gasteiger partial charge in [0, 0.05) is 23.7 Å².